The molecular formula is C13H21BrN2O2S. The number of hydrogen-bond acceptors (Lipinski definition) is 3. The lowest BCUT2D eigenvalue weighted by atomic mass is 9.95. The third-order valence-electron chi connectivity index (χ3n) is 3.46. The first kappa shape index (κ1) is 16.6. The van der Waals surface area contributed by atoms with Gasteiger partial charge in [-0.25, -0.2) is 13.1 Å². The molecule has 19 heavy (non-hydrogen) atoms. The fourth-order valence-corrected chi connectivity index (χ4v) is 3.60. The Morgan fingerprint density at radius 2 is 1.89 bits per heavy atom. The highest BCUT2D eigenvalue weighted by Crippen LogP contribution is 2.21. The number of rotatable bonds is 6. The minimum Gasteiger partial charge on any atom is -0.324 e. The van der Waals surface area contributed by atoms with Gasteiger partial charge in [0.15, 0.2) is 0 Å². The van der Waals surface area contributed by atoms with Crippen molar-refractivity contribution in [1.29, 1.82) is 0 Å². The van der Waals surface area contributed by atoms with E-state index in [1.165, 1.54) is 0 Å². The van der Waals surface area contributed by atoms with Crippen LogP contribution in [0.15, 0.2) is 27.6 Å². The van der Waals surface area contributed by atoms with Crippen molar-refractivity contribution in [3.05, 3.63) is 28.2 Å². The van der Waals surface area contributed by atoms with Crippen molar-refractivity contribution in [2.24, 2.45) is 5.73 Å². The number of nitrogens with one attached hydrogen (secondary N) is 1. The van der Waals surface area contributed by atoms with Crippen LogP contribution in [0.2, 0.25) is 0 Å². The number of halogens is 1. The van der Waals surface area contributed by atoms with Crippen LogP contribution in [0.1, 0.15) is 32.3 Å². The van der Waals surface area contributed by atoms with E-state index >= 15 is 0 Å². The summed E-state index contributed by atoms with van der Waals surface area (Å²) in [6, 6.07) is 5.20. The summed E-state index contributed by atoms with van der Waals surface area (Å²) >= 11 is 3.29. The lowest BCUT2D eigenvalue weighted by Crippen LogP contribution is -2.49. The van der Waals surface area contributed by atoms with Crippen molar-refractivity contribution in [3.63, 3.8) is 0 Å². The number of benzene rings is 1. The molecule has 1 rings (SSSR count). The average Bonchev–Trinajstić information content (AvgIpc) is 2.39. The topological polar surface area (TPSA) is 72.2 Å². The van der Waals surface area contributed by atoms with Gasteiger partial charge in [-0.2, -0.15) is 0 Å². The minimum absolute atomic E-state index is 0.244. The fraction of sp³-hybridized carbons (Fsp3) is 0.538. The molecular weight excluding hydrogens is 328 g/mol. The second kappa shape index (κ2) is 6.35. The predicted molar refractivity (Wildman–Crippen MR) is 81.6 cm³/mol. The van der Waals surface area contributed by atoms with E-state index in [4.69, 9.17) is 5.73 Å². The van der Waals surface area contributed by atoms with E-state index < -0.39 is 15.6 Å². The molecule has 4 nitrogen and oxygen atoms in total. The first-order chi connectivity index (χ1) is 8.74. The standard InChI is InChI=1S/C13H21BrN2O2S/c1-4-13(15,5-2)9-16-19(17,18)12-8-11(14)7-6-10(12)3/h6-8,16H,4-5,9,15H2,1-3H3. The third kappa shape index (κ3) is 4.27. The van der Waals surface area contributed by atoms with Crippen LogP contribution in [-0.4, -0.2) is 20.5 Å². The molecule has 0 heterocycles. The van der Waals surface area contributed by atoms with Crippen LogP contribution in [0.5, 0.6) is 0 Å². The molecule has 0 aromatic heterocycles. The second-order valence-corrected chi connectivity index (χ2v) is 7.45. The monoisotopic (exact) mass is 348 g/mol. The Labute approximate surface area is 124 Å². The van der Waals surface area contributed by atoms with Gasteiger partial charge in [0.2, 0.25) is 10.0 Å². The number of aryl methyl sites for hydroxylation is 1. The summed E-state index contributed by atoms with van der Waals surface area (Å²) in [6.45, 7) is 5.94. The molecule has 0 aliphatic heterocycles. The van der Waals surface area contributed by atoms with Gasteiger partial charge in [0.1, 0.15) is 0 Å². The Kier molecular flexibility index (Phi) is 5.55. The summed E-state index contributed by atoms with van der Waals surface area (Å²) in [5.74, 6) is 0. The number of nitrogens with two attached hydrogens (primary N) is 1. The van der Waals surface area contributed by atoms with E-state index in [0.717, 1.165) is 17.3 Å². The molecule has 0 saturated carbocycles. The summed E-state index contributed by atoms with van der Waals surface area (Å²) in [4.78, 5) is 0.288. The van der Waals surface area contributed by atoms with Crippen molar-refractivity contribution in [2.75, 3.05) is 6.54 Å². The molecule has 6 heteroatoms. The van der Waals surface area contributed by atoms with Gasteiger partial charge in [-0.3, -0.25) is 0 Å². The molecule has 3 N–H and O–H groups in total. The lowest BCUT2D eigenvalue weighted by molar-refractivity contribution is 0.391. The van der Waals surface area contributed by atoms with Crippen LogP contribution in [0.4, 0.5) is 0 Å². The van der Waals surface area contributed by atoms with Crippen molar-refractivity contribution >= 4 is 26.0 Å². The first-order valence-electron chi connectivity index (χ1n) is 6.29. The quantitative estimate of drug-likeness (QED) is 0.829. The molecule has 0 bridgehead atoms. The molecule has 0 unspecified atom stereocenters. The van der Waals surface area contributed by atoms with Crippen molar-refractivity contribution in [3.8, 4) is 0 Å². The molecule has 0 saturated heterocycles. The van der Waals surface area contributed by atoms with Gasteiger partial charge < -0.3 is 5.73 Å². The molecule has 0 amide bonds. The van der Waals surface area contributed by atoms with Gasteiger partial charge in [-0.15, -0.1) is 0 Å². The fourth-order valence-electron chi connectivity index (χ4n) is 1.68. The van der Waals surface area contributed by atoms with Crippen LogP contribution < -0.4 is 10.5 Å². The van der Waals surface area contributed by atoms with Crippen LogP contribution in [0.3, 0.4) is 0 Å². The molecule has 1 aromatic carbocycles. The van der Waals surface area contributed by atoms with Gasteiger partial charge in [0, 0.05) is 16.6 Å². The summed E-state index contributed by atoms with van der Waals surface area (Å²) < 4.78 is 27.9. The zero-order valence-corrected chi connectivity index (χ0v) is 13.9. The molecule has 0 aliphatic rings. The van der Waals surface area contributed by atoms with Gasteiger partial charge in [-0.1, -0.05) is 35.8 Å². The Bertz CT molecular complexity index is 540. The lowest BCUT2D eigenvalue weighted by Gasteiger charge is -2.26. The van der Waals surface area contributed by atoms with E-state index in [9.17, 15) is 8.42 Å². The summed E-state index contributed by atoms with van der Waals surface area (Å²) in [7, 11) is -3.53. The predicted octanol–water partition coefficient (Wildman–Crippen LogP) is 2.55. The maximum atomic E-state index is 12.3. The maximum Gasteiger partial charge on any atom is 0.240 e. The molecule has 1 aromatic rings. The molecule has 108 valence electrons. The van der Waals surface area contributed by atoms with Gasteiger partial charge in [0.25, 0.3) is 0 Å². The SMILES string of the molecule is CCC(N)(CC)CNS(=O)(=O)c1cc(Br)ccc1C. The number of sulfonamides is 1. The maximum absolute atomic E-state index is 12.3. The summed E-state index contributed by atoms with van der Waals surface area (Å²) in [5.41, 5.74) is 6.33. The Balaban J connectivity index is 2.96. The van der Waals surface area contributed by atoms with E-state index in [-0.39, 0.29) is 11.4 Å². The van der Waals surface area contributed by atoms with Crippen LogP contribution >= 0.6 is 15.9 Å². The first-order valence-corrected chi connectivity index (χ1v) is 8.56. The van der Waals surface area contributed by atoms with Gasteiger partial charge in [-0.05, 0) is 37.5 Å². The van der Waals surface area contributed by atoms with E-state index in [1.54, 1.807) is 19.1 Å². The average molecular weight is 349 g/mol. The second-order valence-electron chi connectivity index (χ2n) is 4.80. The largest absolute Gasteiger partial charge is 0.324 e. The molecule has 0 spiro atoms. The molecule has 0 aliphatic carbocycles. The summed E-state index contributed by atoms with van der Waals surface area (Å²) in [6.07, 6.45) is 1.45. The highest BCUT2D eigenvalue weighted by Gasteiger charge is 2.24. The number of hydrogen-bond donors (Lipinski definition) is 2. The normalized spacial score (nSPS) is 12.7. The van der Waals surface area contributed by atoms with E-state index in [2.05, 4.69) is 20.7 Å². The zero-order chi connectivity index (χ0) is 14.7. The third-order valence-corrected chi connectivity index (χ3v) is 5.50. The molecule has 0 fully saturated rings. The van der Waals surface area contributed by atoms with Crippen molar-refractivity contribution in [1.82, 2.24) is 4.72 Å². The van der Waals surface area contributed by atoms with Crippen molar-refractivity contribution in [2.45, 2.75) is 44.0 Å². The highest BCUT2D eigenvalue weighted by atomic mass is 79.9. The molecule has 0 atom stereocenters. The van der Waals surface area contributed by atoms with Gasteiger partial charge >= 0.3 is 0 Å². The Morgan fingerprint density at radius 1 is 1.32 bits per heavy atom. The van der Waals surface area contributed by atoms with E-state index in [0.29, 0.717) is 5.56 Å². The van der Waals surface area contributed by atoms with Crippen LogP contribution in [-0.2, 0) is 10.0 Å². The Hall–Kier alpha value is -0.430. The minimum atomic E-state index is -3.53. The van der Waals surface area contributed by atoms with Gasteiger partial charge in [0.05, 0.1) is 4.90 Å². The molecule has 0 radical (unpaired) electrons. The van der Waals surface area contributed by atoms with E-state index in [1.807, 2.05) is 19.9 Å². The van der Waals surface area contributed by atoms with Crippen molar-refractivity contribution < 1.29 is 8.42 Å². The highest BCUT2D eigenvalue weighted by molar-refractivity contribution is 9.10. The van der Waals surface area contributed by atoms with Crippen LogP contribution in [0, 0.1) is 6.92 Å². The zero-order valence-electron chi connectivity index (χ0n) is 11.5. The smallest absolute Gasteiger partial charge is 0.240 e. The van der Waals surface area contributed by atoms with Crippen LogP contribution in [0.25, 0.3) is 0 Å². The summed E-state index contributed by atoms with van der Waals surface area (Å²) in [5, 5.41) is 0. The Morgan fingerprint density at radius 3 is 2.42 bits per heavy atom.